The van der Waals surface area contributed by atoms with E-state index in [-0.39, 0.29) is 17.7 Å². The van der Waals surface area contributed by atoms with Gasteiger partial charge < -0.3 is 15.0 Å². The number of likely N-dealkylation sites (tertiary alicyclic amines) is 1. The van der Waals surface area contributed by atoms with Gasteiger partial charge in [0.25, 0.3) is 5.91 Å². The first-order valence-corrected chi connectivity index (χ1v) is 7.51. The van der Waals surface area contributed by atoms with E-state index in [1.807, 2.05) is 4.90 Å². The molecule has 3 atom stereocenters. The molecule has 0 aliphatic carbocycles. The second kappa shape index (κ2) is 5.64. The lowest BCUT2D eigenvalue weighted by molar-refractivity contribution is 0.0711. The zero-order chi connectivity index (χ0) is 15.0. The fraction of sp³-hybridized carbons (Fsp3) is 0.562. The number of methoxy groups -OCH3 is 1. The van der Waals surface area contributed by atoms with Gasteiger partial charge in [0.15, 0.2) is 11.6 Å². The van der Waals surface area contributed by atoms with Crippen LogP contribution >= 0.6 is 0 Å². The maximum Gasteiger partial charge on any atom is 0.254 e. The molecule has 3 unspecified atom stereocenters. The lowest BCUT2D eigenvalue weighted by Gasteiger charge is -2.27. The van der Waals surface area contributed by atoms with Crippen LogP contribution in [0.2, 0.25) is 0 Å². The molecule has 0 saturated carbocycles. The molecule has 1 N–H and O–H groups in total. The molecule has 114 valence electrons. The van der Waals surface area contributed by atoms with E-state index in [9.17, 15) is 9.18 Å². The van der Waals surface area contributed by atoms with Crippen LogP contribution in [-0.2, 0) is 0 Å². The average Bonchev–Trinajstić information content (AvgIpc) is 3.07. The fourth-order valence-corrected chi connectivity index (χ4v) is 3.74. The SMILES string of the molecule is CCC1C2CNCC2CN1C(=O)c1ccc(F)c(OC)c1. The average molecular weight is 292 g/mol. The van der Waals surface area contributed by atoms with Gasteiger partial charge in [-0.1, -0.05) is 6.92 Å². The summed E-state index contributed by atoms with van der Waals surface area (Å²) in [6.07, 6.45) is 0.951. The molecule has 0 radical (unpaired) electrons. The van der Waals surface area contributed by atoms with E-state index in [1.165, 1.54) is 19.2 Å². The quantitative estimate of drug-likeness (QED) is 0.925. The summed E-state index contributed by atoms with van der Waals surface area (Å²) >= 11 is 0. The standard InChI is InChI=1S/C16H21FN2O2/c1-3-14-12-8-18-7-11(12)9-19(14)16(20)10-4-5-13(17)15(6-10)21-2/h4-6,11-12,14,18H,3,7-9H2,1-2H3. The Morgan fingerprint density at radius 3 is 3.00 bits per heavy atom. The van der Waals surface area contributed by atoms with Crippen LogP contribution in [0.15, 0.2) is 18.2 Å². The van der Waals surface area contributed by atoms with Crippen molar-refractivity contribution in [2.24, 2.45) is 11.8 Å². The van der Waals surface area contributed by atoms with Crippen molar-refractivity contribution in [2.45, 2.75) is 19.4 Å². The molecule has 0 aromatic heterocycles. The highest BCUT2D eigenvalue weighted by molar-refractivity contribution is 5.95. The van der Waals surface area contributed by atoms with E-state index in [1.54, 1.807) is 6.07 Å². The van der Waals surface area contributed by atoms with E-state index >= 15 is 0 Å². The van der Waals surface area contributed by atoms with Gasteiger partial charge in [0.1, 0.15) is 0 Å². The van der Waals surface area contributed by atoms with Crippen molar-refractivity contribution >= 4 is 5.91 Å². The zero-order valence-electron chi connectivity index (χ0n) is 12.4. The third kappa shape index (κ3) is 2.39. The topological polar surface area (TPSA) is 41.6 Å². The lowest BCUT2D eigenvalue weighted by atomic mass is 9.93. The van der Waals surface area contributed by atoms with Crippen LogP contribution in [0.25, 0.3) is 0 Å². The highest BCUT2D eigenvalue weighted by atomic mass is 19.1. The molecular weight excluding hydrogens is 271 g/mol. The predicted octanol–water partition coefficient (Wildman–Crippen LogP) is 1.90. The molecule has 1 aromatic rings. The van der Waals surface area contributed by atoms with Crippen molar-refractivity contribution in [1.82, 2.24) is 10.2 Å². The Labute approximate surface area is 124 Å². The number of carbonyl (C=O) groups is 1. The Morgan fingerprint density at radius 1 is 1.48 bits per heavy atom. The summed E-state index contributed by atoms with van der Waals surface area (Å²) in [6.45, 7) is 4.88. The molecule has 5 heteroatoms. The Morgan fingerprint density at radius 2 is 2.29 bits per heavy atom. The molecular formula is C16H21FN2O2. The summed E-state index contributed by atoms with van der Waals surface area (Å²) in [4.78, 5) is 14.7. The van der Waals surface area contributed by atoms with Crippen LogP contribution in [0.1, 0.15) is 23.7 Å². The number of rotatable bonds is 3. The van der Waals surface area contributed by atoms with Crippen LogP contribution in [-0.4, -0.2) is 43.6 Å². The fourth-order valence-electron chi connectivity index (χ4n) is 3.74. The molecule has 4 nitrogen and oxygen atoms in total. The Balaban J connectivity index is 1.85. The van der Waals surface area contributed by atoms with Gasteiger partial charge >= 0.3 is 0 Å². The Hall–Kier alpha value is -1.62. The van der Waals surface area contributed by atoms with Gasteiger partial charge in [0.2, 0.25) is 0 Å². The van der Waals surface area contributed by atoms with Crippen LogP contribution in [0.4, 0.5) is 4.39 Å². The monoisotopic (exact) mass is 292 g/mol. The van der Waals surface area contributed by atoms with Crippen LogP contribution in [0.5, 0.6) is 5.75 Å². The number of hydrogen-bond acceptors (Lipinski definition) is 3. The van der Waals surface area contributed by atoms with Gasteiger partial charge in [-0.05, 0) is 36.5 Å². The highest BCUT2D eigenvalue weighted by Gasteiger charge is 2.45. The van der Waals surface area contributed by atoms with E-state index in [2.05, 4.69) is 12.2 Å². The summed E-state index contributed by atoms with van der Waals surface area (Å²) in [5.41, 5.74) is 0.500. The van der Waals surface area contributed by atoms with Crippen molar-refractivity contribution in [3.63, 3.8) is 0 Å². The van der Waals surface area contributed by atoms with E-state index in [0.717, 1.165) is 26.1 Å². The molecule has 0 bridgehead atoms. The maximum absolute atomic E-state index is 13.5. The number of amides is 1. The first kappa shape index (κ1) is 14.3. The third-order valence-electron chi connectivity index (χ3n) is 4.80. The summed E-state index contributed by atoms with van der Waals surface area (Å²) in [5, 5.41) is 3.41. The third-order valence-corrected chi connectivity index (χ3v) is 4.80. The molecule has 0 spiro atoms. The van der Waals surface area contributed by atoms with Gasteiger partial charge in [-0.2, -0.15) is 0 Å². The lowest BCUT2D eigenvalue weighted by Crippen LogP contribution is -2.39. The summed E-state index contributed by atoms with van der Waals surface area (Å²) < 4.78 is 18.5. The summed E-state index contributed by atoms with van der Waals surface area (Å²) in [6, 6.07) is 4.61. The first-order valence-electron chi connectivity index (χ1n) is 7.51. The van der Waals surface area contributed by atoms with Crippen LogP contribution in [0.3, 0.4) is 0 Å². The van der Waals surface area contributed by atoms with Crippen molar-refractivity contribution < 1.29 is 13.9 Å². The number of nitrogens with one attached hydrogen (secondary N) is 1. The van der Waals surface area contributed by atoms with Crippen LogP contribution in [0, 0.1) is 17.7 Å². The molecule has 3 rings (SSSR count). The first-order chi connectivity index (χ1) is 10.2. The Bertz CT molecular complexity index is 549. The number of benzene rings is 1. The van der Waals surface area contributed by atoms with Gasteiger partial charge in [0, 0.05) is 31.2 Å². The number of fused-ring (bicyclic) bond motifs is 1. The molecule has 2 fully saturated rings. The van der Waals surface area contributed by atoms with Gasteiger partial charge in [0.05, 0.1) is 7.11 Å². The molecule has 2 saturated heterocycles. The number of halogens is 1. The molecule has 21 heavy (non-hydrogen) atoms. The molecule has 1 aromatic carbocycles. The van der Waals surface area contributed by atoms with Gasteiger partial charge in [-0.15, -0.1) is 0 Å². The van der Waals surface area contributed by atoms with E-state index in [4.69, 9.17) is 4.74 Å². The minimum absolute atomic E-state index is 0.0189. The van der Waals surface area contributed by atoms with Crippen molar-refractivity contribution in [3.05, 3.63) is 29.6 Å². The normalized spacial score (nSPS) is 27.8. The Kier molecular flexibility index (Phi) is 3.85. The second-order valence-electron chi connectivity index (χ2n) is 5.86. The van der Waals surface area contributed by atoms with Crippen molar-refractivity contribution in [1.29, 1.82) is 0 Å². The molecule has 2 heterocycles. The van der Waals surface area contributed by atoms with E-state index < -0.39 is 5.82 Å². The maximum atomic E-state index is 13.5. The molecule has 1 amide bonds. The number of carbonyl (C=O) groups excluding carboxylic acids is 1. The van der Waals surface area contributed by atoms with Gasteiger partial charge in [-0.3, -0.25) is 4.79 Å². The number of nitrogens with zero attached hydrogens (tertiary/aromatic N) is 1. The highest BCUT2D eigenvalue weighted by Crippen LogP contribution is 2.35. The minimum atomic E-state index is -0.441. The predicted molar refractivity (Wildman–Crippen MR) is 77.9 cm³/mol. The summed E-state index contributed by atoms with van der Waals surface area (Å²) in [5.74, 6) is 0.746. The summed E-state index contributed by atoms with van der Waals surface area (Å²) in [7, 11) is 1.41. The smallest absolute Gasteiger partial charge is 0.254 e. The number of ether oxygens (including phenoxy) is 1. The van der Waals surface area contributed by atoms with Crippen molar-refractivity contribution in [2.75, 3.05) is 26.7 Å². The van der Waals surface area contributed by atoms with Crippen LogP contribution < -0.4 is 10.1 Å². The zero-order valence-corrected chi connectivity index (χ0v) is 12.4. The van der Waals surface area contributed by atoms with Gasteiger partial charge in [-0.25, -0.2) is 4.39 Å². The molecule has 2 aliphatic rings. The second-order valence-corrected chi connectivity index (χ2v) is 5.86. The van der Waals surface area contributed by atoms with E-state index in [0.29, 0.717) is 17.4 Å². The van der Waals surface area contributed by atoms with Crippen molar-refractivity contribution in [3.8, 4) is 5.75 Å². The minimum Gasteiger partial charge on any atom is -0.494 e. The largest absolute Gasteiger partial charge is 0.494 e. The molecule has 2 aliphatic heterocycles. The number of hydrogen-bond donors (Lipinski definition) is 1.